The van der Waals surface area contributed by atoms with Gasteiger partial charge in [-0.2, -0.15) is 0 Å². The van der Waals surface area contributed by atoms with E-state index in [4.69, 9.17) is 5.73 Å². The monoisotopic (exact) mass is 298 g/mol. The number of nitrogens with two attached hydrogens (primary N) is 1. The Balaban J connectivity index is 2.73. The molecule has 0 aliphatic carbocycles. The van der Waals surface area contributed by atoms with E-state index >= 15 is 0 Å². The zero-order valence-electron chi connectivity index (χ0n) is 12.1. The van der Waals surface area contributed by atoms with E-state index in [1.54, 1.807) is 19.1 Å². The lowest BCUT2D eigenvalue weighted by molar-refractivity contribution is -0.117. The van der Waals surface area contributed by atoms with E-state index in [1.165, 1.54) is 12.1 Å². The summed E-state index contributed by atoms with van der Waals surface area (Å²) in [5.41, 5.74) is 6.32. The van der Waals surface area contributed by atoms with Crippen LogP contribution in [-0.2, 0) is 14.6 Å². The van der Waals surface area contributed by atoms with E-state index in [0.29, 0.717) is 18.0 Å². The van der Waals surface area contributed by atoms with Gasteiger partial charge in [-0.05, 0) is 36.6 Å². The number of carbonyl (C=O) groups excluding carboxylic acids is 1. The highest BCUT2D eigenvalue weighted by Crippen LogP contribution is 2.16. The Morgan fingerprint density at radius 2 is 1.80 bits per heavy atom. The van der Waals surface area contributed by atoms with E-state index in [2.05, 4.69) is 5.32 Å². The highest BCUT2D eigenvalue weighted by Gasteiger charge is 2.16. The van der Waals surface area contributed by atoms with Gasteiger partial charge in [0.2, 0.25) is 5.91 Å². The smallest absolute Gasteiger partial charge is 0.241 e. The summed E-state index contributed by atoms with van der Waals surface area (Å²) < 4.78 is 23.3. The van der Waals surface area contributed by atoms with Crippen molar-refractivity contribution in [1.82, 2.24) is 0 Å². The summed E-state index contributed by atoms with van der Waals surface area (Å²) in [6.45, 7) is 5.59. The van der Waals surface area contributed by atoms with Gasteiger partial charge in [-0.15, -0.1) is 0 Å². The molecule has 1 aromatic carbocycles. The summed E-state index contributed by atoms with van der Waals surface area (Å²) in [5, 5.41) is 2.68. The number of nitrogens with one attached hydrogen (secondary N) is 1. The van der Waals surface area contributed by atoms with Crippen molar-refractivity contribution in [2.24, 2.45) is 11.7 Å². The van der Waals surface area contributed by atoms with E-state index in [-0.39, 0.29) is 16.6 Å². The van der Waals surface area contributed by atoms with Crippen molar-refractivity contribution in [3.63, 3.8) is 0 Å². The van der Waals surface area contributed by atoms with Gasteiger partial charge in [0.05, 0.1) is 16.7 Å². The molecule has 112 valence electrons. The molecule has 0 radical (unpaired) electrons. The SMILES string of the molecule is CCS(=O)(=O)c1ccc(NC(=O)[C@H](N)CC(C)C)cc1. The van der Waals surface area contributed by atoms with Gasteiger partial charge in [0.15, 0.2) is 9.84 Å². The third kappa shape index (κ3) is 4.61. The molecule has 0 aromatic heterocycles. The molecule has 1 rings (SSSR count). The van der Waals surface area contributed by atoms with Crippen LogP contribution in [0.1, 0.15) is 27.2 Å². The number of benzene rings is 1. The number of carbonyl (C=O) groups is 1. The van der Waals surface area contributed by atoms with Crippen molar-refractivity contribution in [2.45, 2.75) is 38.1 Å². The van der Waals surface area contributed by atoms with Crippen LogP contribution in [0.15, 0.2) is 29.2 Å². The summed E-state index contributed by atoms with van der Waals surface area (Å²) in [4.78, 5) is 12.1. The van der Waals surface area contributed by atoms with Crippen molar-refractivity contribution < 1.29 is 13.2 Å². The maximum absolute atomic E-state index is 11.8. The molecule has 1 amide bonds. The Morgan fingerprint density at radius 3 is 2.25 bits per heavy atom. The molecule has 1 atom stereocenters. The minimum absolute atomic E-state index is 0.0535. The fraction of sp³-hybridized carbons (Fsp3) is 0.500. The van der Waals surface area contributed by atoms with Gasteiger partial charge in [-0.1, -0.05) is 20.8 Å². The molecule has 0 bridgehead atoms. The zero-order valence-corrected chi connectivity index (χ0v) is 12.9. The van der Waals surface area contributed by atoms with Gasteiger partial charge in [-0.3, -0.25) is 4.79 Å². The lowest BCUT2D eigenvalue weighted by Gasteiger charge is -2.14. The fourth-order valence-corrected chi connectivity index (χ4v) is 2.65. The summed E-state index contributed by atoms with van der Waals surface area (Å²) >= 11 is 0. The summed E-state index contributed by atoms with van der Waals surface area (Å²) in [6.07, 6.45) is 0.605. The van der Waals surface area contributed by atoms with Crippen molar-refractivity contribution in [2.75, 3.05) is 11.1 Å². The maximum atomic E-state index is 11.8. The van der Waals surface area contributed by atoms with Crippen LogP contribution in [0, 0.1) is 5.92 Å². The third-order valence-electron chi connectivity index (χ3n) is 2.92. The minimum Gasteiger partial charge on any atom is -0.325 e. The van der Waals surface area contributed by atoms with Gasteiger partial charge in [0, 0.05) is 5.69 Å². The van der Waals surface area contributed by atoms with Crippen LogP contribution in [-0.4, -0.2) is 26.1 Å². The minimum atomic E-state index is -3.21. The molecular formula is C14H22N2O3S. The predicted molar refractivity (Wildman–Crippen MR) is 80.2 cm³/mol. The standard InChI is InChI=1S/C14H22N2O3S/c1-4-20(18,19)12-7-5-11(6-8-12)16-14(17)13(15)9-10(2)3/h5-8,10,13H,4,9,15H2,1-3H3,(H,16,17)/t13-/m1/s1. The molecule has 0 fully saturated rings. The number of sulfone groups is 1. The fourth-order valence-electron chi connectivity index (χ4n) is 1.76. The van der Waals surface area contributed by atoms with E-state index in [1.807, 2.05) is 13.8 Å². The highest BCUT2D eigenvalue weighted by atomic mass is 32.2. The van der Waals surface area contributed by atoms with Gasteiger partial charge in [0.1, 0.15) is 0 Å². The highest BCUT2D eigenvalue weighted by molar-refractivity contribution is 7.91. The van der Waals surface area contributed by atoms with Crippen molar-refractivity contribution in [3.8, 4) is 0 Å². The first-order chi connectivity index (χ1) is 9.26. The van der Waals surface area contributed by atoms with Crippen LogP contribution in [0.4, 0.5) is 5.69 Å². The molecule has 5 nitrogen and oxygen atoms in total. The van der Waals surface area contributed by atoms with Crippen LogP contribution in [0.2, 0.25) is 0 Å². The van der Waals surface area contributed by atoms with Gasteiger partial charge >= 0.3 is 0 Å². The topological polar surface area (TPSA) is 89.3 Å². The van der Waals surface area contributed by atoms with E-state index in [9.17, 15) is 13.2 Å². The molecule has 6 heteroatoms. The van der Waals surface area contributed by atoms with Crippen molar-refractivity contribution in [3.05, 3.63) is 24.3 Å². The molecular weight excluding hydrogens is 276 g/mol. The second-order valence-corrected chi connectivity index (χ2v) is 7.43. The quantitative estimate of drug-likeness (QED) is 0.838. The number of amides is 1. The van der Waals surface area contributed by atoms with E-state index in [0.717, 1.165) is 0 Å². The lowest BCUT2D eigenvalue weighted by atomic mass is 10.0. The van der Waals surface area contributed by atoms with Crippen LogP contribution >= 0.6 is 0 Å². The van der Waals surface area contributed by atoms with Crippen molar-refractivity contribution in [1.29, 1.82) is 0 Å². The Labute approximate surface area is 120 Å². The average molecular weight is 298 g/mol. The van der Waals surface area contributed by atoms with E-state index < -0.39 is 15.9 Å². The normalized spacial score (nSPS) is 13.2. The summed E-state index contributed by atoms with van der Waals surface area (Å²) in [6, 6.07) is 5.56. The summed E-state index contributed by atoms with van der Waals surface area (Å²) in [5.74, 6) is 0.135. The second kappa shape index (κ2) is 6.85. The Morgan fingerprint density at radius 1 is 1.25 bits per heavy atom. The van der Waals surface area contributed by atoms with Gasteiger partial charge in [0.25, 0.3) is 0 Å². The van der Waals surface area contributed by atoms with Crippen LogP contribution < -0.4 is 11.1 Å². The first-order valence-electron chi connectivity index (χ1n) is 6.65. The number of rotatable bonds is 6. The second-order valence-electron chi connectivity index (χ2n) is 5.15. The molecule has 0 heterocycles. The number of hydrogen-bond acceptors (Lipinski definition) is 4. The Bertz CT molecular complexity index is 550. The lowest BCUT2D eigenvalue weighted by Crippen LogP contribution is -2.36. The first kappa shape index (κ1) is 16.7. The Hall–Kier alpha value is -1.40. The first-order valence-corrected chi connectivity index (χ1v) is 8.30. The molecule has 0 spiro atoms. The maximum Gasteiger partial charge on any atom is 0.241 e. The molecule has 3 N–H and O–H groups in total. The third-order valence-corrected chi connectivity index (χ3v) is 4.67. The van der Waals surface area contributed by atoms with Crippen LogP contribution in [0.5, 0.6) is 0 Å². The van der Waals surface area contributed by atoms with Crippen molar-refractivity contribution >= 4 is 21.4 Å². The molecule has 20 heavy (non-hydrogen) atoms. The number of anilines is 1. The predicted octanol–water partition coefficient (Wildman–Crippen LogP) is 1.79. The zero-order chi connectivity index (χ0) is 15.3. The Kier molecular flexibility index (Phi) is 5.71. The molecule has 0 saturated carbocycles. The van der Waals surface area contributed by atoms with Gasteiger partial charge in [-0.25, -0.2) is 8.42 Å². The van der Waals surface area contributed by atoms with Crippen LogP contribution in [0.25, 0.3) is 0 Å². The largest absolute Gasteiger partial charge is 0.325 e. The van der Waals surface area contributed by atoms with Gasteiger partial charge < -0.3 is 11.1 Å². The average Bonchev–Trinajstić information content (AvgIpc) is 2.38. The molecule has 0 saturated heterocycles. The number of hydrogen-bond donors (Lipinski definition) is 2. The summed E-state index contributed by atoms with van der Waals surface area (Å²) in [7, 11) is -3.21. The molecule has 0 aliphatic heterocycles. The molecule has 0 unspecified atom stereocenters. The van der Waals surface area contributed by atoms with Crippen LogP contribution in [0.3, 0.4) is 0 Å². The molecule has 0 aliphatic rings. The molecule has 1 aromatic rings.